The first-order valence-electron chi connectivity index (χ1n) is 10.9. The predicted molar refractivity (Wildman–Crippen MR) is 118 cm³/mol. The van der Waals surface area contributed by atoms with E-state index in [9.17, 15) is 4.79 Å². The van der Waals surface area contributed by atoms with Crippen molar-refractivity contribution in [3.05, 3.63) is 12.1 Å². The summed E-state index contributed by atoms with van der Waals surface area (Å²) >= 11 is 1.47. The average Bonchev–Trinajstić information content (AvgIpc) is 3.07. The Morgan fingerprint density at radius 3 is 2.80 bits per heavy atom. The highest BCUT2D eigenvalue weighted by Crippen LogP contribution is 2.32. The highest BCUT2D eigenvalue weighted by Gasteiger charge is 2.31. The molecule has 0 bridgehead atoms. The lowest BCUT2D eigenvalue weighted by molar-refractivity contribution is -0.120. The lowest BCUT2D eigenvalue weighted by atomic mass is 9.83. The zero-order valence-corrected chi connectivity index (χ0v) is 19.2. The van der Waals surface area contributed by atoms with Gasteiger partial charge in [0.1, 0.15) is 11.6 Å². The molecule has 8 heteroatoms. The van der Waals surface area contributed by atoms with E-state index in [4.69, 9.17) is 14.2 Å². The number of nitrogens with zero attached hydrogens (tertiary/aromatic N) is 2. The Labute approximate surface area is 182 Å². The molecule has 1 aliphatic rings. The SMILES string of the molecule is CCCC(CC)Oc1nc2ccc(OCC3CC(OC[C@H](C)NC(C)=O)C3)nc2s1. The minimum atomic E-state index is -0.0266. The van der Waals surface area contributed by atoms with Crippen LogP contribution in [0, 0.1) is 5.92 Å². The van der Waals surface area contributed by atoms with Crippen molar-refractivity contribution in [2.24, 2.45) is 5.92 Å². The van der Waals surface area contributed by atoms with E-state index in [1.54, 1.807) is 0 Å². The van der Waals surface area contributed by atoms with E-state index in [1.807, 2.05) is 19.1 Å². The van der Waals surface area contributed by atoms with Gasteiger partial charge in [-0.15, -0.1) is 0 Å². The molecule has 1 N–H and O–H groups in total. The van der Waals surface area contributed by atoms with Gasteiger partial charge in [0.15, 0.2) is 4.83 Å². The normalized spacial score (nSPS) is 20.4. The second kappa shape index (κ2) is 10.9. The summed E-state index contributed by atoms with van der Waals surface area (Å²) in [6.45, 7) is 8.95. The van der Waals surface area contributed by atoms with Crippen LogP contribution < -0.4 is 14.8 Å². The van der Waals surface area contributed by atoms with Gasteiger partial charge in [-0.3, -0.25) is 4.79 Å². The molecule has 2 atom stereocenters. The van der Waals surface area contributed by atoms with E-state index in [2.05, 4.69) is 29.1 Å². The second-order valence-corrected chi connectivity index (χ2v) is 9.04. The molecule has 1 saturated carbocycles. The third-order valence-electron chi connectivity index (χ3n) is 5.23. The Balaban J connectivity index is 1.42. The molecule has 2 heterocycles. The zero-order valence-electron chi connectivity index (χ0n) is 18.3. The first-order chi connectivity index (χ1) is 14.5. The van der Waals surface area contributed by atoms with Crippen molar-refractivity contribution in [3.63, 3.8) is 0 Å². The number of carbonyl (C=O) groups is 1. The van der Waals surface area contributed by atoms with E-state index >= 15 is 0 Å². The standard InChI is InChI=1S/C22H33N3O4S/c1-5-7-17(6-2)29-22-24-19-8-9-20(25-21(19)30-22)28-13-16-10-18(11-16)27-12-14(3)23-15(4)26/h8-9,14,16-18H,5-7,10-13H2,1-4H3,(H,23,26)/t14-,16?,17?,18?/m0/s1. The second-order valence-electron chi connectivity index (χ2n) is 8.10. The Kier molecular flexibility index (Phi) is 8.27. The lowest BCUT2D eigenvalue weighted by Crippen LogP contribution is -2.40. The summed E-state index contributed by atoms with van der Waals surface area (Å²) in [4.78, 5) is 21.0. The molecular formula is C22H33N3O4S. The maximum absolute atomic E-state index is 11.0. The highest BCUT2D eigenvalue weighted by molar-refractivity contribution is 7.19. The topological polar surface area (TPSA) is 82.6 Å². The molecule has 0 radical (unpaired) electrons. The van der Waals surface area contributed by atoms with Crippen molar-refractivity contribution in [2.45, 2.75) is 78.0 Å². The van der Waals surface area contributed by atoms with Crippen LogP contribution in [0.4, 0.5) is 0 Å². The Bertz CT molecular complexity index is 822. The quantitative estimate of drug-likeness (QED) is 0.534. The first kappa shape index (κ1) is 22.7. The lowest BCUT2D eigenvalue weighted by Gasteiger charge is -2.35. The van der Waals surface area contributed by atoms with Crippen LogP contribution in [0.25, 0.3) is 10.3 Å². The molecule has 0 saturated heterocycles. The molecule has 2 aromatic rings. The fraction of sp³-hybridized carbons (Fsp3) is 0.682. The molecule has 7 nitrogen and oxygen atoms in total. The monoisotopic (exact) mass is 435 g/mol. The molecule has 1 aliphatic carbocycles. The van der Waals surface area contributed by atoms with E-state index in [0.29, 0.717) is 30.2 Å². The first-order valence-corrected chi connectivity index (χ1v) is 11.7. The number of nitrogens with one attached hydrogen (secondary N) is 1. The molecule has 0 aromatic carbocycles. The van der Waals surface area contributed by atoms with Gasteiger partial charge in [0, 0.05) is 19.0 Å². The number of ether oxygens (including phenoxy) is 3. The molecule has 1 amide bonds. The largest absolute Gasteiger partial charge is 0.477 e. The molecule has 30 heavy (non-hydrogen) atoms. The maximum Gasteiger partial charge on any atom is 0.276 e. The van der Waals surface area contributed by atoms with Crippen LogP contribution in [0.2, 0.25) is 0 Å². The van der Waals surface area contributed by atoms with E-state index < -0.39 is 0 Å². The summed E-state index contributed by atoms with van der Waals surface area (Å²) in [6, 6.07) is 3.85. The summed E-state index contributed by atoms with van der Waals surface area (Å²) in [7, 11) is 0. The van der Waals surface area contributed by atoms with Crippen LogP contribution in [0.1, 0.15) is 59.8 Å². The van der Waals surface area contributed by atoms with E-state index in [1.165, 1.54) is 18.3 Å². The molecule has 3 rings (SSSR count). The van der Waals surface area contributed by atoms with E-state index in [0.717, 1.165) is 42.5 Å². The smallest absolute Gasteiger partial charge is 0.276 e. The van der Waals surface area contributed by atoms with Gasteiger partial charge in [0.25, 0.3) is 5.19 Å². The van der Waals surface area contributed by atoms with Crippen molar-refractivity contribution in [1.29, 1.82) is 0 Å². The minimum Gasteiger partial charge on any atom is -0.477 e. The van der Waals surface area contributed by atoms with Gasteiger partial charge >= 0.3 is 0 Å². The Hall–Kier alpha value is -1.93. The van der Waals surface area contributed by atoms with Crippen molar-refractivity contribution in [1.82, 2.24) is 15.3 Å². The van der Waals surface area contributed by atoms with Gasteiger partial charge < -0.3 is 19.5 Å². The summed E-state index contributed by atoms with van der Waals surface area (Å²) in [5.41, 5.74) is 0.846. The minimum absolute atomic E-state index is 0.0266. The van der Waals surface area contributed by atoms with Crippen LogP contribution in [-0.4, -0.2) is 47.3 Å². The zero-order chi connectivity index (χ0) is 21.5. The van der Waals surface area contributed by atoms with Crippen molar-refractivity contribution in [3.8, 4) is 11.1 Å². The molecule has 166 valence electrons. The van der Waals surface area contributed by atoms with Crippen LogP contribution >= 0.6 is 11.3 Å². The third-order valence-corrected chi connectivity index (χ3v) is 6.09. The van der Waals surface area contributed by atoms with Crippen molar-refractivity contribution in [2.75, 3.05) is 13.2 Å². The van der Waals surface area contributed by atoms with E-state index in [-0.39, 0.29) is 24.2 Å². The van der Waals surface area contributed by atoms with Gasteiger partial charge in [-0.1, -0.05) is 31.6 Å². The number of pyridine rings is 1. The Morgan fingerprint density at radius 1 is 1.30 bits per heavy atom. The van der Waals surface area contributed by atoms with Gasteiger partial charge in [-0.05, 0) is 44.6 Å². The summed E-state index contributed by atoms with van der Waals surface area (Å²) in [6.07, 6.45) is 5.52. The summed E-state index contributed by atoms with van der Waals surface area (Å²) < 4.78 is 17.8. The van der Waals surface area contributed by atoms with Crippen molar-refractivity contribution < 1.29 is 19.0 Å². The highest BCUT2D eigenvalue weighted by atomic mass is 32.1. The van der Waals surface area contributed by atoms with Crippen LogP contribution in [0.15, 0.2) is 12.1 Å². The van der Waals surface area contributed by atoms with Gasteiger partial charge in [-0.25, -0.2) is 9.97 Å². The third kappa shape index (κ3) is 6.54. The van der Waals surface area contributed by atoms with Crippen LogP contribution in [0.5, 0.6) is 11.1 Å². The number of thiazole rings is 1. The van der Waals surface area contributed by atoms with Crippen LogP contribution in [0.3, 0.4) is 0 Å². The molecule has 1 unspecified atom stereocenters. The number of carbonyl (C=O) groups excluding carboxylic acids is 1. The maximum atomic E-state index is 11.0. The molecule has 0 spiro atoms. The van der Waals surface area contributed by atoms with Crippen LogP contribution in [-0.2, 0) is 9.53 Å². The number of amides is 1. The fourth-order valence-corrected chi connectivity index (χ4v) is 4.39. The molecule has 2 aromatic heterocycles. The molecule has 1 fully saturated rings. The molecule has 0 aliphatic heterocycles. The average molecular weight is 436 g/mol. The summed E-state index contributed by atoms with van der Waals surface area (Å²) in [5, 5.41) is 3.51. The predicted octanol–water partition coefficient (Wildman–Crippen LogP) is 4.35. The van der Waals surface area contributed by atoms with Gasteiger partial charge in [-0.2, -0.15) is 0 Å². The number of hydrogen-bond donors (Lipinski definition) is 1. The van der Waals surface area contributed by atoms with Gasteiger partial charge in [0.05, 0.1) is 19.3 Å². The number of fused-ring (bicyclic) bond motifs is 1. The Morgan fingerprint density at radius 2 is 2.10 bits per heavy atom. The molecular weight excluding hydrogens is 402 g/mol. The summed E-state index contributed by atoms with van der Waals surface area (Å²) in [5.74, 6) is 1.08. The number of hydrogen-bond acceptors (Lipinski definition) is 7. The number of rotatable bonds is 12. The van der Waals surface area contributed by atoms with Gasteiger partial charge in [0.2, 0.25) is 11.8 Å². The van der Waals surface area contributed by atoms with Crippen molar-refractivity contribution >= 4 is 27.6 Å². The fourth-order valence-electron chi connectivity index (χ4n) is 3.54. The number of aromatic nitrogens is 2.